The second kappa shape index (κ2) is 4.66. The Hall–Kier alpha value is -2.21. The topological polar surface area (TPSA) is 78.2 Å². The number of aromatic amines is 2. The molecule has 21 heavy (non-hydrogen) atoms. The van der Waals surface area contributed by atoms with Crippen LogP contribution in [0.1, 0.15) is 12.6 Å². The molecule has 1 unspecified atom stereocenters. The normalized spacial score (nSPS) is 20.8. The minimum absolute atomic E-state index is 0.318. The summed E-state index contributed by atoms with van der Waals surface area (Å²) in [5, 5.41) is 0.600. The summed E-state index contributed by atoms with van der Waals surface area (Å²) in [7, 11) is 1.90. The number of hydrogen-bond donors (Lipinski definition) is 2. The van der Waals surface area contributed by atoms with Gasteiger partial charge in [-0.15, -0.1) is 0 Å². The molecule has 0 saturated heterocycles. The molecular weight excluding hydrogens is 294 g/mol. The molecule has 6 nitrogen and oxygen atoms in total. The first-order chi connectivity index (χ1) is 9.91. The van der Waals surface area contributed by atoms with E-state index in [-0.39, 0.29) is 0 Å². The lowest BCUT2D eigenvalue weighted by atomic mass is 9.94. The Morgan fingerprint density at radius 2 is 2.10 bits per heavy atom. The third kappa shape index (κ3) is 2.12. The predicted octanol–water partition coefficient (Wildman–Crippen LogP) is 1.46. The monoisotopic (exact) mass is 307 g/mol. The lowest BCUT2D eigenvalue weighted by molar-refractivity contribution is 0.202. The van der Waals surface area contributed by atoms with Gasteiger partial charge in [0.2, 0.25) is 0 Å². The maximum atomic E-state index is 11.5. The second-order valence-electron chi connectivity index (χ2n) is 5.22. The van der Waals surface area contributed by atoms with E-state index >= 15 is 0 Å². The number of halogens is 1. The summed E-state index contributed by atoms with van der Waals surface area (Å²) in [5.41, 5.74) is -0.516. The van der Waals surface area contributed by atoms with Gasteiger partial charge in [0.1, 0.15) is 17.9 Å². The van der Waals surface area contributed by atoms with E-state index in [1.807, 2.05) is 24.9 Å². The highest BCUT2D eigenvalue weighted by molar-refractivity contribution is 6.30. The first-order valence-electron chi connectivity index (χ1n) is 6.40. The van der Waals surface area contributed by atoms with E-state index in [1.165, 1.54) is 6.20 Å². The quantitative estimate of drug-likeness (QED) is 0.782. The summed E-state index contributed by atoms with van der Waals surface area (Å²) in [6.07, 6.45) is 1.50. The minimum atomic E-state index is -0.677. The van der Waals surface area contributed by atoms with Gasteiger partial charge in [-0.25, -0.2) is 0 Å². The van der Waals surface area contributed by atoms with Crippen molar-refractivity contribution < 1.29 is 4.74 Å². The van der Waals surface area contributed by atoms with Crippen molar-refractivity contribution in [3.8, 4) is 5.75 Å². The molecule has 0 radical (unpaired) electrons. The van der Waals surface area contributed by atoms with Crippen LogP contribution in [0.3, 0.4) is 0 Å². The van der Waals surface area contributed by atoms with Crippen LogP contribution in [0.5, 0.6) is 5.75 Å². The number of likely N-dealkylation sites (N-methyl/N-ethyl adjacent to an activating group) is 1. The molecule has 3 rings (SSSR count). The number of nitrogens with zero attached hydrogens (tertiary/aromatic N) is 1. The van der Waals surface area contributed by atoms with Gasteiger partial charge in [-0.1, -0.05) is 11.6 Å². The molecule has 0 saturated carbocycles. The van der Waals surface area contributed by atoms with Crippen molar-refractivity contribution in [1.29, 1.82) is 0 Å². The first-order valence-corrected chi connectivity index (χ1v) is 6.78. The van der Waals surface area contributed by atoms with E-state index in [9.17, 15) is 9.59 Å². The van der Waals surface area contributed by atoms with Crippen LogP contribution in [-0.2, 0) is 5.54 Å². The molecule has 1 atom stereocenters. The van der Waals surface area contributed by atoms with Gasteiger partial charge < -0.3 is 19.6 Å². The van der Waals surface area contributed by atoms with Gasteiger partial charge in [-0.3, -0.25) is 9.59 Å². The number of fused-ring (bicyclic) bond motifs is 1. The van der Waals surface area contributed by atoms with Crippen molar-refractivity contribution in [3.63, 3.8) is 0 Å². The highest BCUT2D eigenvalue weighted by atomic mass is 35.5. The molecular formula is C14H14ClN3O3. The van der Waals surface area contributed by atoms with Gasteiger partial charge in [0.05, 0.1) is 11.4 Å². The number of ether oxygens (including phenoxy) is 1. The number of benzene rings is 1. The Bertz CT molecular complexity index is 814. The summed E-state index contributed by atoms with van der Waals surface area (Å²) in [5.74, 6) is 0.689. The Balaban J connectivity index is 2.10. The molecule has 1 aromatic heterocycles. The van der Waals surface area contributed by atoms with E-state index in [4.69, 9.17) is 16.3 Å². The SMILES string of the molecule is CN1c2ccc(Cl)cc2OCC1(C)c1c[nH]c(=O)c(=O)[nH]1. The molecule has 0 amide bonds. The Labute approximate surface area is 125 Å². The van der Waals surface area contributed by atoms with Crippen LogP contribution in [0.15, 0.2) is 34.0 Å². The zero-order chi connectivity index (χ0) is 15.2. The van der Waals surface area contributed by atoms with Crippen LogP contribution in [-0.4, -0.2) is 23.6 Å². The zero-order valence-corrected chi connectivity index (χ0v) is 12.3. The van der Waals surface area contributed by atoms with Crippen LogP contribution in [0.4, 0.5) is 5.69 Å². The van der Waals surface area contributed by atoms with Crippen LogP contribution in [0.25, 0.3) is 0 Å². The number of rotatable bonds is 1. The summed E-state index contributed by atoms with van der Waals surface area (Å²) < 4.78 is 5.77. The van der Waals surface area contributed by atoms with Crippen LogP contribution >= 0.6 is 11.6 Å². The van der Waals surface area contributed by atoms with Gasteiger partial charge in [-0.2, -0.15) is 0 Å². The summed E-state index contributed by atoms with van der Waals surface area (Å²) >= 11 is 5.96. The standard InChI is InChI=1S/C14H14ClN3O3/c1-14(11-6-16-12(19)13(20)17-11)7-21-10-5-8(15)3-4-9(10)18(14)2/h3-6H,7H2,1-2H3,(H,16,19)(H,17,20). The van der Waals surface area contributed by atoms with E-state index in [0.29, 0.717) is 23.1 Å². The Kier molecular flexibility index (Phi) is 3.06. The molecule has 0 fully saturated rings. The number of H-pyrrole nitrogens is 2. The first kappa shape index (κ1) is 13.8. The lowest BCUT2D eigenvalue weighted by Gasteiger charge is -2.44. The maximum absolute atomic E-state index is 11.5. The molecule has 1 aromatic carbocycles. The molecule has 2 aromatic rings. The third-order valence-electron chi connectivity index (χ3n) is 3.91. The van der Waals surface area contributed by atoms with Crippen LogP contribution < -0.4 is 20.8 Å². The number of nitrogens with one attached hydrogen (secondary N) is 2. The van der Waals surface area contributed by atoms with Crippen molar-refractivity contribution >= 4 is 17.3 Å². The van der Waals surface area contributed by atoms with Gasteiger partial charge in [-0.05, 0) is 19.1 Å². The highest BCUT2D eigenvalue weighted by Crippen LogP contribution is 2.41. The van der Waals surface area contributed by atoms with Crippen molar-refractivity contribution in [2.75, 3.05) is 18.6 Å². The van der Waals surface area contributed by atoms with E-state index in [1.54, 1.807) is 12.1 Å². The Morgan fingerprint density at radius 1 is 1.33 bits per heavy atom. The number of aromatic nitrogens is 2. The minimum Gasteiger partial charge on any atom is -0.488 e. The summed E-state index contributed by atoms with van der Waals surface area (Å²) in [6, 6.07) is 5.39. The van der Waals surface area contributed by atoms with E-state index in [0.717, 1.165) is 5.69 Å². The average Bonchev–Trinajstić information content (AvgIpc) is 2.46. The second-order valence-corrected chi connectivity index (χ2v) is 5.66. The van der Waals surface area contributed by atoms with Crippen LogP contribution in [0, 0.1) is 0 Å². The molecule has 0 spiro atoms. The number of anilines is 1. The van der Waals surface area contributed by atoms with Gasteiger partial charge in [0.15, 0.2) is 0 Å². The zero-order valence-electron chi connectivity index (χ0n) is 11.6. The van der Waals surface area contributed by atoms with E-state index < -0.39 is 16.7 Å². The van der Waals surface area contributed by atoms with E-state index in [2.05, 4.69) is 9.97 Å². The summed E-state index contributed by atoms with van der Waals surface area (Å²) in [6.45, 7) is 2.24. The molecule has 0 bridgehead atoms. The molecule has 1 aliphatic heterocycles. The number of hydrogen-bond acceptors (Lipinski definition) is 4. The fourth-order valence-corrected chi connectivity index (χ4v) is 2.59. The van der Waals surface area contributed by atoms with Gasteiger partial charge in [0, 0.05) is 24.3 Å². The van der Waals surface area contributed by atoms with Gasteiger partial charge in [0.25, 0.3) is 0 Å². The fraction of sp³-hybridized carbons (Fsp3) is 0.286. The molecule has 0 aliphatic carbocycles. The maximum Gasteiger partial charge on any atom is 0.313 e. The molecule has 1 aliphatic rings. The van der Waals surface area contributed by atoms with Crippen molar-refractivity contribution in [2.45, 2.75) is 12.5 Å². The molecule has 110 valence electrons. The van der Waals surface area contributed by atoms with Crippen molar-refractivity contribution in [2.24, 2.45) is 0 Å². The molecule has 2 N–H and O–H groups in total. The van der Waals surface area contributed by atoms with Crippen molar-refractivity contribution in [1.82, 2.24) is 9.97 Å². The molecule has 7 heteroatoms. The Morgan fingerprint density at radius 3 is 2.81 bits per heavy atom. The summed E-state index contributed by atoms with van der Waals surface area (Å²) in [4.78, 5) is 29.8. The largest absolute Gasteiger partial charge is 0.488 e. The predicted molar refractivity (Wildman–Crippen MR) is 80.4 cm³/mol. The molecule has 2 heterocycles. The smallest absolute Gasteiger partial charge is 0.313 e. The third-order valence-corrected chi connectivity index (χ3v) is 4.15. The fourth-order valence-electron chi connectivity index (χ4n) is 2.43. The lowest BCUT2D eigenvalue weighted by Crippen LogP contribution is -2.51. The van der Waals surface area contributed by atoms with Crippen molar-refractivity contribution in [3.05, 3.63) is 55.8 Å². The highest BCUT2D eigenvalue weighted by Gasteiger charge is 2.39. The van der Waals surface area contributed by atoms with Crippen LogP contribution in [0.2, 0.25) is 5.02 Å². The van der Waals surface area contributed by atoms with Gasteiger partial charge >= 0.3 is 11.1 Å². The average molecular weight is 308 g/mol.